The molecule has 0 radical (unpaired) electrons. The Morgan fingerprint density at radius 1 is 1.45 bits per heavy atom. The quantitative estimate of drug-likeness (QED) is 0.318. The van der Waals surface area contributed by atoms with E-state index in [4.69, 9.17) is 4.52 Å². The zero-order chi connectivity index (χ0) is 13.6. The third-order valence-electron chi connectivity index (χ3n) is 3.16. The van der Waals surface area contributed by atoms with Crippen LogP contribution in [0.2, 0.25) is 0 Å². The summed E-state index contributed by atoms with van der Waals surface area (Å²) in [5, 5.41) is 4.08. The predicted molar refractivity (Wildman–Crippen MR) is 54.8 cm³/mol. The zero-order valence-electron chi connectivity index (χ0n) is 10.5. The molecule has 2 fully saturated rings. The van der Waals surface area contributed by atoms with Crippen LogP contribution in [0.1, 0.15) is 24.8 Å². The minimum absolute atomic E-state index is 0. The molecule has 0 aliphatic carbocycles. The van der Waals surface area contributed by atoms with Gasteiger partial charge in [-0.25, -0.2) is 13.2 Å². The van der Waals surface area contributed by atoms with Crippen LogP contribution in [0.25, 0.3) is 0 Å². The monoisotopic (exact) mass is 312 g/mol. The van der Waals surface area contributed by atoms with Gasteiger partial charge in [0.15, 0.2) is 6.33 Å². The first kappa shape index (κ1) is 15.7. The molecule has 1 aromatic heterocycles. The Kier molecular flexibility index (Phi) is 4.37. The number of carbonyl (C=O) groups is 1. The first-order chi connectivity index (χ1) is 8.96. The number of hydrogen-bond donors (Lipinski definition) is 0. The summed E-state index contributed by atoms with van der Waals surface area (Å²) >= 11 is 0. The number of hydroxylamine groups is 2. The number of fused-ring (bicyclic) bond motifs is 2. The molecule has 2 atom stereocenters. The summed E-state index contributed by atoms with van der Waals surface area (Å²) < 4.78 is 40.9. The number of amides is 2. The number of urea groups is 1. The Morgan fingerprint density at radius 3 is 2.80 bits per heavy atom. The van der Waals surface area contributed by atoms with Crippen molar-refractivity contribution in [2.75, 3.05) is 6.54 Å². The SMILES string of the molecule is O=C1N2C[C@@H](CC[C@H]2c2ncno2)N1OS(=O)(=O)[O-].[Na+]. The summed E-state index contributed by atoms with van der Waals surface area (Å²) in [6.07, 6.45) is 2.22. The van der Waals surface area contributed by atoms with Crippen molar-refractivity contribution in [2.45, 2.75) is 24.9 Å². The zero-order valence-corrected chi connectivity index (χ0v) is 13.3. The maximum atomic E-state index is 12.0. The third kappa shape index (κ3) is 2.82. The van der Waals surface area contributed by atoms with Crippen molar-refractivity contribution in [3.63, 3.8) is 0 Å². The molecule has 0 spiro atoms. The first-order valence-electron chi connectivity index (χ1n) is 5.47. The number of hydrogen-bond acceptors (Lipinski definition) is 8. The molecule has 2 saturated heterocycles. The maximum absolute atomic E-state index is 12.0. The van der Waals surface area contributed by atoms with Gasteiger partial charge in [0.25, 0.3) is 0 Å². The summed E-state index contributed by atoms with van der Waals surface area (Å²) in [4.78, 5) is 17.2. The van der Waals surface area contributed by atoms with Crippen LogP contribution in [0, 0.1) is 0 Å². The summed E-state index contributed by atoms with van der Waals surface area (Å²) in [6, 6.07) is -1.57. The smallest absolute Gasteiger partial charge is 0.724 e. The molecule has 2 aliphatic rings. The van der Waals surface area contributed by atoms with Crippen LogP contribution in [0.15, 0.2) is 10.9 Å². The van der Waals surface area contributed by atoms with Gasteiger partial charge in [-0.15, -0.1) is 0 Å². The fourth-order valence-corrected chi connectivity index (χ4v) is 2.80. The van der Waals surface area contributed by atoms with Crippen LogP contribution in [0.3, 0.4) is 0 Å². The second-order valence-corrected chi connectivity index (χ2v) is 5.24. The molecule has 3 heterocycles. The summed E-state index contributed by atoms with van der Waals surface area (Å²) in [5.74, 6) is 0.277. The Balaban J connectivity index is 0.00000147. The van der Waals surface area contributed by atoms with Crippen molar-refractivity contribution in [3.05, 3.63) is 12.2 Å². The van der Waals surface area contributed by atoms with Crippen molar-refractivity contribution < 1.29 is 56.1 Å². The van der Waals surface area contributed by atoms with Crippen molar-refractivity contribution in [3.8, 4) is 0 Å². The van der Waals surface area contributed by atoms with E-state index in [1.54, 1.807) is 0 Å². The molecule has 0 saturated carbocycles. The normalized spacial score (nSPS) is 25.8. The van der Waals surface area contributed by atoms with Gasteiger partial charge in [-0.1, -0.05) is 5.16 Å². The van der Waals surface area contributed by atoms with Crippen LogP contribution in [-0.4, -0.2) is 51.7 Å². The average molecular weight is 312 g/mol. The Hall–Kier alpha value is -0.720. The molecule has 2 amide bonds. The molecule has 0 aromatic carbocycles. The molecule has 0 N–H and O–H groups in total. The van der Waals surface area contributed by atoms with E-state index in [1.165, 1.54) is 11.2 Å². The molecular formula is C8H9N4NaO6S. The summed E-state index contributed by atoms with van der Waals surface area (Å²) in [5.41, 5.74) is 0. The largest absolute Gasteiger partial charge is 1.00 e. The molecule has 10 nitrogen and oxygen atoms in total. The van der Waals surface area contributed by atoms with E-state index in [0.29, 0.717) is 17.9 Å². The van der Waals surface area contributed by atoms with Crippen molar-refractivity contribution in [1.82, 2.24) is 20.1 Å². The van der Waals surface area contributed by atoms with Crippen molar-refractivity contribution in [2.24, 2.45) is 0 Å². The van der Waals surface area contributed by atoms with E-state index in [0.717, 1.165) is 0 Å². The third-order valence-corrected chi connectivity index (χ3v) is 3.50. The second-order valence-electron chi connectivity index (χ2n) is 4.27. The van der Waals surface area contributed by atoms with Gasteiger partial charge < -0.3 is 14.0 Å². The number of rotatable bonds is 3. The standard InChI is InChI=1S/C8H10N4O6S.Na/c13-8-11-3-5(12(8)18-19(14,15)16)1-2-6(11)7-9-4-10-17-7;/h4-6H,1-3H2,(H,14,15,16);/q;+1/p-1/t5-,6+;/m1./s1. The number of aromatic nitrogens is 2. The van der Waals surface area contributed by atoms with Gasteiger partial charge in [0.2, 0.25) is 16.3 Å². The fraction of sp³-hybridized carbons (Fsp3) is 0.625. The van der Waals surface area contributed by atoms with Crippen molar-refractivity contribution in [1.29, 1.82) is 0 Å². The number of carbonyl (C=O) groups excluding carboxylic acids is 1. The molecular weight excluding hydrogens is 303 g/mol. The molecule has 104 valence electrons. The topological polar surface area (TPSA) is 129 Å². The Morgan fingerprint density at radius 2 is 2.20 bits per heavy atom. The molecule has 0 unspecified atom stereocenters. The first-order valence-corrected chi connectivity index (χ1v) is 6.81. The van der Waals surface area contributed by atoms with Crippen LogP contribution in [-0.2, 0) is 14.7 Å². The van der Waals surface area contributed by atoms with Crippen LogP contribution in [0.4, 0.5) is 4.79 Å². The van der Waals surface area contributed by atoms with Gasteiger partial charge in [0.1, 0.15) is 6.04 Å². The van der Waals surface area contributed by atoms with E-state index in [1.807, 2.05) is 0 Å². The maximum Gasteiger partial charge on any atom is 1.00 e. The van der Waals surface area contributed by atoms with Gasteiger partial charge in [0.05, 0.1) is 6.04 Å². The van der Waals surface area contributed by atoms with Gasteiger partial charge in [-0.3, -0.25) is 0 Å². The van der Waals surface area contributed by atoms with E-state index in [9.17, 15) is 17.8 Å². The van der Waals surface area contributed by atoms with Crippen LogP contribution in [0.5, 0.6) is 0 Å². The van der Waals surface area contributed by atoms with Gasteiger partial charge >= 0.3 is 35.6 Å². The Bertz CT molecular complexity index is 592. The average Bonchev–Trinajstić information content (AvgIpc) is 2.93. The van der Waals surface area contributed by atoms with E-state index in [2.05, 4.69) is 14.4 Å². The predicted octanol–water partition coefficient (Wildman–Crippen LogP) is -3.59. The van der Waals surface area contributed by atoms with Crippen LogP contribution >= 0.6 is 0 Å². The van der Waals surface area contributed by atoms with E-state index >= 15 is 0 Å². The minimum Gasteiger partial charge on any atom is -0.724 e. The molecule has 3 rings (SSSR count). The molecule has 1 aromatic rings. The fourth-order valence-electron chi connectivity index (χ4n) is 2.41. The molecule has 2 aliphatic heterocycles. The van der Waals surface area contributed by atoms with Gasteiger partial charge in [0, 0.05) is 6.54 Å². The second kappa shape index (κ2) is 5.58. The summed E-state index contributed by atoms with van der Waals surface area (Å²) in [7, 11) is -4.97. The van der Waals surface area contributed by atoms with Gasteiger partial charge in [-0.2, -0.15) is 14.3 Å². The van der Waals surface area contributed by atoms with Crippen molar-refractivity contribution >= 4 is 16.4 Å². The minimum atomic E-state index is -4.97. The summed E-state index contributed by atoms with van der Waals surface area (Å²) in [6.45, 7) is 0.251. The van der Waals surface area contributed by atoms with E-state index < -0.39 is 28.5 Å². The molecule has 2 bridgehead atoms. The number of nitrogens with zero attached hydrogens (tertiary/aromatic N) is 4. The Labute approximate surface area is 136 Å². The van der Waals surface area contributed by atoms with Gasteiger partial charge in [-0.05, 0) is 12.8 Å². The molecule has 20 heavy (non-hydrogen) atoms. The number of piperidine rings is 1. The van der Waals surface area contributed by atoms with E-state index in [-0.39, 0.29) is 42.0 Å². The van der Waals surface area contributed by atoms with Crippen LogP contribution < -0.4 is 29.6 Å². The molecule has 12 heteroatoms.